The van der Waals surface area contributed by atoms with Crippen LogP contribution >= 0.6 is 23.2 Å². The van der Waals surface area contributed by atoms with Crippen molar-refractivity contribution in [2.24, 2.45) is 0 Å². The number of rotatable bonds is 4. The SMILES string of the molecule is C[C@H](NCc1cc(Cl)ccc1Cl)c1ccncc1. The molecule has 2 aromatic rings. The molecule has 0 amide bonds. The lowest BCUT2D eigenvalue weighted by Gasteiger charge is -2.14. The lowest BCUT2D eigenvalue weighted by Crippen LogP contribution is -2.18. The fourth-order valence-corrected chi connectivity index (χ4v) is 2.09. The van der Waals surface area contributed by atoms with Crippen LogP contribution in [-0.4, -0.2) is 4.98 Å². The van der Waals surface area contributed by atoms with Crippen LogP contribution in [0.2, 0.25) is 10.0 Å². The number of nitrogens with one attached hydrogen (secondary N) is 1. The summed E-state index contributed by atoms with van der Waals surface area (Å²) < 4.78 is 0. The summed E-state index contributed by atoms with van der Waals surface area (Å²) in [4.78, 5) is 4.01. The van der Waals surface area contributed by atoms with E-state index in [0.29, 0.717) is 11.6 Å². The van der Waals surface area contributed by atoms with E-state index in [4.69, 9.17) is 23.2 Å². The number of hydrogen-bond donors (Lipinski definition) is 1. The summed E-state index contributed by atoms with van der Waals surface area (Å²) in [5.41, 5.74) is 2.20. The number of aromatic nitrogens is 1. The molecule has 1 aromatic carbocycles. The summed E-state index contributed by atoms with van der Waals surface area (Å²) in [6.45, 7) is 2.79. The minimum absolute atomic E-state index is 0.239. The molecule has 1 atom stereocenters. The second kappa shape index (κ2) is 6.19. The second-order valence-electron chi connectivity index (χ2n) is 4.12. The Morgan fingerprint density at radius 3 is 2.61 bits per heavy atom. The predicted molar refractivity (Wildman–Crippen MR) is 76.0 cm³/mol. The molecule has 0 bridgehead atoms. The van der Waals surface area contributed by atoms with Crippen LogP contribution in [0.5, 0.6) is 0 Å². The van der Waals surface area contributed by atoms with Crippen molar-refractivity contribution in [2.45, 2.75) is 19.5 Å². The van der Waals surface area contributed by atoms with Gasteiger partial charge in [-0.3, -0.25) is 4.98 Å². The van der Waals surface area contributed by atoms with Crippen molar-refractivity contribution in [1.29, 1.82) is 0 Å². The van der Waals surface area contributed by atoms with Gasteiger partial charge in [-0.2, -0.15) is 0 Å². The molecule has 0 spiro atoms. The fourth-order valence-electron chi connectivity index (χ4n) is 1.71. The van der Waals surface area contributed by atoms with Gasteiger partial charge in [0.1, 0.15) is 0 Å². The van der Waals surface area contributed by atoms with Gasteiger partial charge in [0.25, 0.3) is 0 Å². The van der Waals surface area contributed by atoms with Crippen molar-refractivity contribution in [3.05, 3.63) is 63.9 Å². The maximum Gasteiger partial charge on any atom is 0.0451 e. The highest BCUT2D eigenvalue weighted by Crippen LogP contribution is 2.21. The highest BCUT2D eigenvalue weighted by atomic mass is 35.5. The molecule has 2 nitrogen and oxygen atoms in total. The van der Waals surface area contributed by atoms with E-state index in [1.807, 2.05) is 24.3 Å². The molecule has 0 saturated carbocycles. The van der Waals surface area contributed by atoms with E-state index in [1.54, 1.807) is 18.5 Å². The van der Waals surface area contributed by atoms with E-state index < -0.39 is 0 Å². The smallest absolute Gasteiger partial charge is 0.0451 e. The molecule has 0 saturated heterocycles. The molecule has 0 unspecified atom stereocenters. The zero-order valence-corrected chi connectivity index (χ0v) is 11.5. The van der Waals surface area contributed by atoms with Crippen molar-refractivity contribution in [2.75, 3.05) is 0 Å². The quantitative estimate of drug-likeness (QED) is 0.906. The van der Waals surface area contributed by atoms with Crippen LogP contribution < -0.4 is 5.32 Å². The van der Waals surface area contributed by atoms with Crippen molar-refractivity contribution in [1.82, 2.24) is 10.3 Å². The standard InChI is InChI=1S/C14H14Cl2N2/c1-10(11-4-6-17-7-5-11)18-9-12-8-13(15)2-3-14(12)16/h2-8,10,18H,9H2,1H3/t10-/m0/s1. The van der Waals surface area contributed by atoms with Gasteiger partial charge in [-0.05, 0) is 48.4 Å². The van der Waals surface area contributed by atoms with E-state index in [1.165, 1.54) is 5.56 Å². The van der Waals surface area contributed by atoms with Crippen LogP contribution in [0.25, 0.3) is 0 Å². The Hall–Kier alpha value is -1.09. The molecule has 0 radical (unpaired) electrons. The summed E-state index contributed by atoms with van der Waals surface area (Å²) in [6.07, 6.45) is 3.58. The third kappa shape index (κ3) is 3.45. The average Bonchev–Trinajstić information content (AvgIpc) is 2.40. The molecule has 94 valence electrons. The monoisotopic (exact) mass is 280 g/mol. The van der Waals surface area contributed by atoms with Crippen molar-refractivity contribution < 1.29 is 0 Å². The van der Waals surface area contributed by atoms with Crippen LogP contribution in [0.1, 0.15) is 24.1 Å². The first-order valence-corrected chi connectivity index (χ1v) is 6.49. The first-order valence-electron chi connectivity index (χ1n) is 5.74. The van der Waals surface area contributed by atoms with Crippen LogP contribution in [0.3, 0.4) is 0 Å². The van der Waals surface area contributed by atoms with E-state index in [-0.39, 0.29) is 6.04 Å². The first-order chi connectivity index (χ1) is 8.66. The summed E-state index contributed by atoms with van der Waals surface area (Å²) in [7, 11) is 0. The Balaban J connectivity index is 2.01. The largest absolute Gasteiger partial charge is 0.306 e. The van der Waals surface area contributed by atoms with Gasteiger partial charge in [0.05, 0.1) is 0 Å². The third-order valence-electron chi connectivity index (χ3n) is 2.81. The van der Waals surface area contributed by atoms with Gasteiger partial charge in [0.2, 0.25) is 0 Å². The number of nitrogens with zero attached hydrogens (tertiary/aromatic N) is 1. The summed E-state index contributed by atoms with van der Waals surface area (Å²) in [5.74, 6) is 0. The molecule has 1 aromatic heterocycles. The number of halogens is 2. The lowest BCUT2D eigenvalue weighted by molar-refractivity contribution is 0.574. The minimum atomic E-state index is 0.239. The van der Waals surface area contributed by atoms with Gasteiger partial charge in [-0.1, -0.05) is 23.2 Å². The maximum absolute atomic E-state index is 6.12. The fraction of sp³-hybridized carbons (Fsp3) is 0.214. The first kappa shape index (κ1) is 13.3. The molecule has 1 N–H and O–H groups in total. The second-order valence-corrected chi connectivity index (χ2v) is 4.96. The molecular formula is C14H14Cl2N2. The zero-order valence-electron chi connectivity index (χ0n) is 10.0. The van der Waals surface area contributed by atoms with Gasteiger partial charge >= 0.3 is 0 Å². The molecular weight excluding hydrogens is 267 g/mol. The van der Waals surface area contributed by atoms with Crippen molar-refractivity contribution in [3.8, 4) is 0 Å². The van der Waals surface area contributed by atoms with E-state index in [0.717, 1.165) is 10.6 Å². The molecule has 0 fully saturated rings. The van der Waals surface area contributed by atoms with E-state index in [2.05, 4.69) is 17.2 Å². The molecule has 18 heavy (non-hydrogen) atoms. The van der Waals surface area contributed by atoms with Gasteiger partial charge in [0.15, 0.2) is 0 Å². The normalized spacial score (nSPS) is 12.4. The van der Waals surface area contributed by atoms with Crippen LogP contribution in [0, 0.1) is 0 Å². The minimum Gasteiger partial charge on any atom is -0.306 e. The predicted octanol–water partition coefficient (Wildman–Crippen LogP) is 4.24. The Labute approximate surface area is 117 Å². The Morgan fingerprint density at radius 2 is 1.89 bits per heavy atom. The molecule has 0 aliphatic carbocycles. The van der Waals surface area contributed by atoms with Crippen LogP contribution in [0.15, 0.2) is 42.7 Å². The van der Waals surface area contributed by atoms with Gasteiger partial charge < -0.3 is 5.32 Å². The zero-order chi connectivity index (χ0) is 13.0. The van der Waals surface area contributed by atoms with E-state index >= 15 is 0 Å². The average molecular weight is 281 g/mol. The lowest BCUT2D eigenvalue weighted by atomic mass is 10.1. The van der Waals surface area contributed by atoms with Gasteiger partial charge in [-0.15, -0.1) is 0 Å². The van der Waals surface area contributed by atoms with Crippen molar-refractivity contribution >= 4 is 23.2 Å². The van der Waals surface area contributed by atoms with Gasteiger partial charge in [0, 0.05) is 35.0 Å². The van der Waals surface area contributed by atoms with E-state index in [9.17, 15) is 0 Å². The number of benzene rings is 1. The maximum atomic E-state index is 6.12. The number of hydrogen-bond acceptors (Lipinski definition) is 2. The van der Waals surface area contributed by atoms with Gasteiger partial charge in [-0.25, -0.2) is 0 Å². The Bertz CT molecular complexity index is 514. The molecule has 4 heteroatoms. The molecule has 1 heterocycles. The molecule has 0 aliphatic heterocycles. The third-order valence-corrected chi connectivity index (χ3v) is 3.42. The highest BCUT2D eigenvalue weighted by Gasteiger charge is 2.06. The highest BCUT2D eigenvalue weighted by molar-refractivity contribution is 6.33. The summed E-state index contributed by atoms with van der Waals surface area (Å²) in [5, 5.41) is 4.84. The Kier molecular flexibility index (Phi) is 4.59. The summed E-state index contributed by atoms with van der Waals surface area (Å²) >= 11 is 12.1. The molecule has 2 rings (SSSR count). The molecule has 0 aliphatic rings. The number of pyridine rings is 1. The van der Waals surface area contributed by atoms with Crippen molar-refractivity contribution in [3.63, 3.8) is 0 Å². The summed E-state index contributed by atoms with van der Waals surface area (Å²) in [6, 6.07) is 9.73. The van der Waals surface area contributed by atoms with Crippen LogP contribution in [-0.2, 0) is 6.54 Å². The Morgan fingerprint density at radius 1 is 1.17 bits per heavy atom. The van der Waals surface area contributed by atoms with Crippen LogP contribution in [0.4, 0.5) is 0 Å². The topological polar surface area (TPSA) is 24.9 Å².